The van der Waals surface area contributed by atoms with Crippen molar-refractivity contribution in [1.29, 1.82) is 0 Å². The maximum atomic E-state index is 13.8. The molecule has 3 aromatic carbocycles. The first kappa shape index (κ1) is 19.2. The van der Waals surface area contributed by atoms with Crippen molar-refractivity contribution < 1.29 is 23.9 Å². The van der Waals surface area contributed by atoms with E-state index in [2.05, 4.69) is 0 Å². The van der Waals surface area contributed by atoms with Crippen LogP contribution >= 0.6 is 11.6 Å². The molecule has 1 fully saturated rings. The summed E-state index contributed by atoms with van der Waals surface area (Å²) in [7, 11) is 0. The van der Waals surface area contributed by atoms with E-state index in [4.69, 9.17) is 11.6 Å². The van der Waals surface area contributed by atoms with Gasteiger partial charge in [-0.2, -0.15) is 0 Å². The molecule has 7 rings (SSSR count). The maximum Gasteiger partial charge on any atom is 0.319 e. The first-order chi connectivity index (χ1) is 15.4. The van der Waals surface area contributed by atoms with Crippen molar-refractivity contribution >= 4 is 35.1 Å². The van der Waals surface area contributed by atoms with E-state index in [-0.39, 0.29) is 10.7 Å². The molecule has 1 heterocycles. The number of rotatable bonds is 2. The third-order valence-electron chi connectivity index (χ3n) is 7.12. The van der Waals surface area contributed by atoms with Crippen LogP contribution in [0.3, 0.4) is 0 Å². The molecule has 1 aliphatic heterocycles. The SMILES string of the molecule is O=C1C2C3c4ccccc4C(C(=O)O)(c4ccccc43)C2C(=O)N1c1ccc(F)c(Cl)c1. The second-order valence-corrected chi connectivity index (χ2v) is 8.79. The zero-order valence-corrected chi connectivity index (χ0v) is 17.2. The number of hydrogen-bond acceptors (Lipinski definition) is 3. The predicted octanol–water partition coefficient (Wildman–Crippen LogP) is 4.11. The molecule has 0 aromatic heterocycles. The molecule has 5 nitrogen and oxygen atoms in total. The summed E-state index contributed by atoms with van der Waals surface area (Å²) in [5, 5.41) is 10.4. The number of amides is 2. The van der Waals surface area contributed by atoms with Crippen LogP contribution in [0, 0.1) is 17.7 Å². The van der Waals surface area contributed by atoms with Gasteiger partial charge in [0.2, 0.25) is 11.8 Å². The van der Waals surface area contributed by atoms with Gasteiger partial charge in [0.15, 0.2) is 0 Å². The van der Waals surface area contributed by atoms with Gasteiger partial charge in [-0.1, -0.05) is 60.1 Å². The minimum atomic E-state index is -1.70. The van der Waals surface area contributed by atoms with Crippen molar-refractivity contribution in [2.75, 3.05) is 4.90 Å². The van der Waals surface area contributed by atoms with Crippen molar-refractivity contribution in [3.63, 3.8) is 0 Å². The van der Waals surface area contributed by atoms with Crippen LogP contribution in [0.4, 0.5) is 10.1 Å². The summed E-state index contributed by atoms with van der Waals surface area (Å²) in [6.45, 7) is 0. The summed E-state index contributed by atoms with van der Waals surface area (Å²) in [5.74, 6) is -5.41. The van der Waals surface area contributed by atoms with Gasteiger partial charge in [-0.15, -0.1) is 0 Å². The van der Waals surface area contributed by atoms with Crippen molar-refractivity contribution in [3.8, 4) is 0 Å². The molecule has 2 amide bonds. The Morgan fingerprint density at radius 3 is 2.09 bits per heavy atom. The van der Waals surface area contributed by atoms with Crippen LogP contribution in [0.25, 0.3) is 0 Å². The van der Waals surface area contributed by atoms with Gasteiger partial charge in [0.05, 0.1) is 22.5 Å². The monoisotopic (exact) mass is 447 g/mol. The molecule has 1 N–H and O–H groups in total. The van der Waals surface area contributed by atoms with E-state index in [9.17, 15) is 23.9 Å². The molecule has 2 atom stereocenters. The summed E-state index contributed by atoms with van der Waals surface area (Å²) in [5.41, 5.74) is 1.01. The summed E-state index contributed by atoms with van der Waals surface area (Å²) >= 11 is 5.92. The van der Waals surface area contributed by atoms with E-state index in [1.54, 1.807) is 24.3 Å². The van der Waals surface area contributed by atoms with Crippen molar-refractivity contribution in [3.05, 3.63) is 99.8 Å². The summed E-state index contributed by atoms with van der Waals surface area (Å²) in [6.07, 6.45) is 0. The van der Waals surface area contributed by atoms with Gasteiger partial charge < -0.3 is 5.11 Å². The Kier molecular flexibility index (Phi) is 3.76. The highest BCUT2D eigenvalue weighted by molar-refractivity contribution is 6.32. The van der Waals surface area contributed by atoms with Crippen molar-refractivity contribution in [2.45, 2.75) is 11.3 Å². The van der Waals surface area contributed by atoms with Crippen molar-refractivity contribution in [1.82, 2.24) is 0 Å². The Morgan fingerprint density at radius 2 is 1.53 bits per heavy atom. The minimum absolute atomic E-state index is 0.133. The highest BCUT2D eigenvalue weighted by Gasteiger charge is 2.71. The number of carboxylic acid groups (broad SMARTS) is 1. The Morgan fingerprint density at radius 1 is 0.938 bits per heavy atom. The number of halogens is 2. The third-order valence-corrected chi connectivity index (χ3v) is 7.41. The van der Waals surface area contributed by atoms with Gasteiger partial charge in [-0.05, 0) is 40.5 Å². The van der Waals surface area contributed by atoms with Crippen LogP contribution in [0.1, 0.15) is 28.2 Å². The van der Waals surface area contributed by atoms with Gasteiger partial charge in [0.25, 0.3) is 0 Å². The molecule has 2 bridgehead atoms. The molecule has 0 spiro atoms. The predicted molar refractivity (Wildman–Crippen MR) is 114 cm³/mol. The normalized spacial score (nSPS) is 27.2. The topological polar surface area (TPSA) is 74.7 Å². The number of carboxylic acids is 1. The average Bonchev–Trinajstić information content (AvgIpc) is 3.06. The lowest BCUT2D eigenvalue weighted by Crippen LogP contribution is -2.57. The van der Waals surface area contributed by atoms with E-state index in [0.717, 1.165) is 22.1 Å². The molecule has 2 unspecified atom stereocenters. The van der Waals surface area contributed by atoms with Crippen molar-refractivity contribution in [2.24, 2.45) is 11.8 Å². The number of anilines is 1. The molecule has 3 aliphatic carbocycles. The van der Waals surface area contributed by atoms with E-state index in [1.807, 2.05) is 24.3 Å². The number of hydrogen-bond donors (Lipinski definition) is 1. The Hall–Kier alpha value is -3.51. The molecule has 32 heavy (non-hydrogen) atoms. The lowest BCUT2D eigenvalue weighted by molar-refractivity contribution is -0.149. The zero-order chi connectivity index (χ0) is 22.4. The summed E-state index contributed by atoms with van der Waals surface area (Å²) in [4.78, 5) is 41.5. The first-order valence-corrected chi connectivity index (χ1v) is 10.5. The fourth-order valence-corrected chi connectivity index (χ4v) is 6.19. The standard InChI is InChI=1S/C25H15ClFNO4/c26-17-11-12(9-10-18(17)27)28-22(29)20-19-13-5-1-3-7-15(13)25(24(31)32,21(20)23(28)30)16-8-4-2-6-14(16)19/h1-11,19-21H,(H,31,32). The number of nitrogens with zero attached hydrogens (tertiary/aromatic N) is 1. The summed E-state index contributed by atoms with van der Waals surface area (Å²) < 4.78 is 13.7. The van der Waals surface area contributed by atoms with Crippen LogP contribution in [-0.2, 0) is 19.8 Å². The van der Waals surface area contributed by atoms with Gasteiger partial charge in [0, 0.05) is 5.92 Å². The first-order valence-electron chi connectivity index (χ1n) is 10.1. The number of aliphatic carboxylic acids is 1. The van der Waals surface area contributed by atoms with Crippen LogP contribution in [-0.4, -0.2) is 22.9 Å². The maximum absolute atomic E-state index is 13.8. The Labute approximate surface area is 187 Å². The largest absolute Gasteiger partial charge is 0.480 e. The molecule has 1 saturated heterocycles. The molecule has 7 heteroatoms. The lowest BCUT2D eigenvalue weighted by atomic mass is 9.47. The second kappa shape index (κ2) is 6.26. The van der Waals surface area contributed by atoms with Crippen LogP contribution in [0.15, 0.2) is 66.7 Å². The van der Waals surface area contributed by atoms with Gasteiger partial charge in [-0.3, -0.25) is 14.4 Å². The summed E-state index contributed by atoms with van der Waals surface area (Å²) in [6, 6.07) is 17.9. The molecular formula is C25H15ClFNO4. The molecule has 0 radical (unpaired) electrons. The Balaban J connectivity index is 1.66. The molecule has 0 saturated carbocycles. The molecular weight excluding hydrogens is 433 g/mol. The minimum Gasteiger partial charge on any atom is -0.480 e. The number of carbonyl (C=O) groups is 3. The highest BCUT2D eigenvalue weighted by atomic mass is 35.5. The fraction of sp³-hybridized carbons (Fsp3) is 0.160. The lowest BCUT2D eigenvalue weighted by Gasteiger charge is -2.51. The van der Waals surface area contributed by atoms with Crippen LogP contribution in [0.5, 0.6) is 0 Å². The van der Waals surface area contributed by atoms with Gasteiger partial charge in [0.1, 0.15) is 11.2 Å². The average molecular weight is 448 g/mol. The number of benzene rings is 3. The Bertz CT molecular complexity index is 1320. The van der Waals surface area contributed by atoms with Crippen LogP contribution in [0.2, 0.25) is 5.02 Å². The number of imide groups is 1. The van der Waals surface area contributed by atoms with E-state index >= 15 is 0 Å². The third kappa shape index (κ3) is 2.06. The van der Waals surface area contributed by atoms with Gasteiger partial charge in [-0.25, -0.2) is 9.29 Å². The molecule has 4 aliphatic rings. The molecule has 3 aromatic rings. The number of carbonyl (C=O) groups excluding carboxylic acids is 2. The van der Waals surface area contributed by atoms with Gasteiger partial charge >= 0.3 is 5.97 Å². The smallest absolute Gasteiger partial charge is 0.319 e. The second-order valence-electron chi connectivity index (χ2n) is 8.38. The fourth-order valence-electron chi connectivity index (χ4n) is 6.01. The van der Waals surface area contributed by atoms with E-state index < -0.39 is 46.8 Å². The highest BCUT2D eigenvalue weighted by Crippen LogP contribution is 2.64. The van der Waals surface area contributed by atoms with E-state index in [1.165, 1.54) is 12.1 Å². The van der Waals surface area contributed by atoms with E-state index in [0.29, 0.717) is 11.1 Å². The zero-order valence-electron chi connectivity index (χ0n) is 16.5. The quantitative estimate of drug-likeness (QED) is 0.600. The molecule has 158 valence electrons. The van der Waals surface area contributed by atoms with Crippen LogP contribution < -0.4 is 4.90 Å².